The molecular weight excluding hydrogens is 314 g/mol. The lowest BCUT2D eigenvalue weighted by Gasteiger charge is -2.31. The summed E-state index contributed by atoms with van der Waals surface area (Å²) in [6.45, 7) is 6.15. The van der Waals surface area contributed by atoms with Crippen molar-refractivity contribution in [2.75, 3.05) is 40.3 Å². The van der Waals surface area contributed by atoms with Gasteiger partial charge in [-0.2, -0.15) is 0 Å². The molecule has 0 aromatic heterocycles. The summed E-state index contributed by atoms with van der Waals surface area (Å²) in [4.78, 5) is 20.9. The Labute approximate surface area is 151 Å². The zero-order chi connectivity index (χ0) is 18.2. The molecule has 138 valence electrons. The highest BCUT2D eigenvalue weighted by molar-refractivity contribution is 5.94. The topological polar surface area (TPSA) is 74.0 Å². The van der Waals surface area contributed by atoms with Crippen molar-refractivity contribution < 1.29 is 4.79 Å². The Morgan fingerprint density at radius 2 is 2.24 bits per heavy atom. The lowest BCUT2D eigenvalue weighted by atomic mass is 10.0. The maximum absolute atomic E-state index is 12.2. The first-order valence-corrected chi connectivity index (χ1v) is 9.02. The van der Waals surface area contributed by atoms with E-state index >= 15 is 0 Å². The first-order chi connectivity index (χ1) is 12.0. The molecule has 1 fully saturated rings. The van der Waals surface area contributed by atoms with Crippen LogP contribution >= 0.6 is 0 Å². The van der Waals surface area contributed by atoms with Crippen molar-refractivity contribution >= 4 is 11.9 Å². The number of guanidine groups is 1. The van der Waals surface area contributed by atoms with Gasteiger partial charge < -0.3 is 20.9 Å². The molecule has 2 rings (SSSR count). The molecule has 1 heterocycles. The van der Waals surface area contributed by atoms with Crippen LogP contribution in [0.3, 0.4) is 0 Å². The van der Waals surface area contributed by atoms with Gasteiger partial charge in [0.1, 0.15) is 0 Å². The number of nitrogens with two attached hydrogens (primary N) is 1. The van der Waals surface area contributed by atoms with E-state index < -0.39 is 0 Å². The first-order valence-electron chi connectivity index (χ1n) is 9.02. The number of nitrogens with zero attached hydrogens (tertiary/aromatic N) is 3. The van der Waals surface area contributed by atoms with Gasteiger partial charge in [-0.15, -0.1) is 0 Å². The van der Waals surface area contributed by atoms with Gasteiger partial charge in [0.25, 0.3) is 5.91 Å². The molecule has 1 aromatic carbocycles. The van der Waals surface area contributed by atoms with Crippen LogP contribution in [0.25, 0.3) is 0 Å². The molecule has 0 bridgehead atoms. The van der Waals surface area contributed by atoms with Gasteiger partial charge in [0.15, 0.2) is 5.96 Å². The second-order valence-electron chi connectivity index (χ2n) is 7.13. The average molecular weight is 345 g/mol. The number of amides is 1. The third kappa shape index (κ3) is 6.38. The largest absolute Gasteiger partial charge is 0.370 e. The maximum Gasteiger partial charge on any atom is 0.251 e. The summed E-state index contributed by atoms with van der Waals surface area (Å²) in [6.07, 6.45) is 2.43. The number of carbonyl (C=O) groups excluding carboxylic acids is 1. The van der Waals surface area contributed by atoms with E-state index in [1.54, 1.807) is 0 Å². The third-order valence-corrected chi connectivity index (χ3v) is 4.44. The smallest absolute Gasteiger partial charge is 0.251 e. The first kappa shape index (κ1) is 19.2. The molecule has 0 saturated carbocycles. The molecule has 0 spiro atoms. The Morgan fingerprint density at radius 3 is 2.96 bits per heavy atom. The van der Waals surface area contributed by atoms with Gasteiger partial charge in [-0.1, -0.05) is 19.1 Å². The van der Waals surface area contributed by atoms with Crippen molar-refractivity contribution in [1.29, 1.82) is 0 Å². The van der Waals surface area contributed by atoms with Crippen molar-refractivity contribution in [1.82, 2.24) is 15.1 Å². The molecule has 1 atom stereocenters. The van der Waals surface area contributed by atoms with Gasteiger partial charge in [0.2, 0.25) is 0 Å². The van der Waals surface area contributed by atoms with E-state index in [9.17, 15) is 4.79 Å². The fourth-order valence-electron chi connectivity index (χ4n) is 2.98. The minimum absolute atomic E-state index is 0.0505. The minimum Gasteiger partial charge on any atom is -0.370 e. The highest BCUT2D eigenvalue weighted by Crippen LogP contribution is 2.15. The van der Waals surface area contributed by atoms with Crippen LogP contribution in [-0.4, -0.2) is 61.9 Å². The molecule has 6 heteroatoms. The van der Waals surface area contributed by atoms with E-state index in [1.807, 2.05) is 43.3 Å². The molecule has 1 amide bonds. The number of likely N-dealkylation sites (N-methyl/N-ethyl adjacent to an activating group) is 1. The molecule has 1 aliphatic rings. The molecule has 0 aliphatic carbocycles. The second-order valence-corrected chi connectivity index (χ2v) is 7.13. The van der Waals surface area contributed by atoms with Crippen LogP contribution < -0.4 is 11.1 Å². The Balaban J connectivity index is 1.92. The van der Waals surface area contributed by atoms with Gasteiger partial charge in [-0.05, 0) is 50.6 Å². The van der Waals surface area contributed by atoms with Crippen molar-refractivity contribution in [3.63, 3.8) is 0 Å². The van der Waals surface area contributed by atoms with Crippen molar-refractivity contribution in [3.8, 4) is 0 Å². The van der Waals surface area contributed by atoms with Gasteiger partial charge in [-0.3, -0.25) is 4.79 Å². The van der Waals surface area contributed by atoms with Crippen LogP contribution in [-0.2, 0) is 6.54 Å². The van der Waals surface area contributed by atoms with E-state index in [0.717, 1.165) is 25.2 Å². The Bertz CT molecular complexity index is 599. The van der Waals surface area contributed by atoms with Crippen molar-refractivity contribution in [3.05, 3.63) is 35.4 Å². The fraction of sp³-hybridized carbons (Fsp3) is 0.579. The maximum atomic E-state index is 12.2. The van der Waals surface area contributed by atoms with E-state index in [2.05, 4.69) is 22.1 Å². The molecule has 6 nitrogen and oxygen atoms in total. The number of hydrogen-bond donors (Lipinski definition) is 2. The highest BCUT2D eigenvalue weighted by Gasteiger charge is 2.17. The predicted octanol–water partition coefficient (Wildman–Crippen LogP) is 1.52. The van der Waals surface area contributed by atoms with E-state index in [0.29, 0.717) is 30.5 Å². The molecule has 25 heavy (non-hydrogen) atoms. The monoisotopic (exact) mass is 345 g/mol. The lowest BCUT2D eigenvalue weighted by molar-refractivity contribution is 0.0951. The number of likely N-dealkylation sites (tertiary alicyclic amines) is 1. The molecule has 1 saturated heterocycles. The minimum atomic E-state index is -0.0505. The number of piperidine rings is 1. The summed E-state index contributed by atoms with van der Waals surface area (Å²) in [5, 5.41) is 2.93. The second kappa shape index (κ2) is 9.42. The summed E-state index contributed by atoms with van der Waals surface area (Å²) in [5.41, 5.74) is 7.80. The molecule has 1 aliphatic heterocycles. The summed E-state index contributed by atoms with van der Waals surface area (Å²) in [6, 6.07) is 7.59. The number of aliphatic imine (C=N–C) groups is 1. The van der Waals surface area contributed by atoms with Crippen LogP contribution in [0.4, 0.5) is 0 Å². The predicted molar refractivity (Wildman–Crippen MR) is 103 cm³/mol. The zero-order valence-corrected chi connectivity index (χ0v) is 15.7. The van der Waals surface area contributed by atoms with Gasteiger partial charge in [-0.25, -0.2) is 4.99 Å². The van der Waals surface area contributed by atoms with Crippen LogP contribution in [0.5, 0.6) is 0 Å². The standard InChI is InChI=1S/C19H31N5O/c1-15-6-5-10-24(14-15)19(20)22-13-16-7-4-8-17(12-16)18(25)21-9-11-23(2)3/h4,7-8,12,15H,5-6,9-11,13-14H2,1-3H3,(H2,20,22)(H,21,25). The molecule has 1 aromatic rings. The quantitative estimate of drug-likeness (QED) is 0.606. The van der Waals surface area contributed by atoms with E-state index in [4.69, 9.17) is 5.73 Å². The number of rotatable bonds is 6. The summed E-state index contributed by atoms with van der Waals surface area (Å²) < 4.78 is 0. The van der Waals surface area contributed by atoms with Gasteiger partial charge in [0, 0.05) is 31.7 Å². The molecule has 0 radical (unpaired) electrons. The van der Waals surface area contributed by atoms with Crippen LogP contribution in [0, 0.1) is 5.92 Å². The Kier molecular flexibility index (Phi) is 7.25. The third-order valence-electron chi connectivity index (χ3n) is 4.44. The van der Waals surface area contributed by atoms with Gasteiger partial charge in [0.05, 0.1) is 6.54 Å². The number of benzene rings is 1. The van der Waals surface area contributed by atoms with Crippen LogP contribution in [0.15, 0.2) is 29.3 Å². The Hall–Kier alpha value is -2.08. The summed E-state index contributed by atoms with van der Waals surface area (Å²) in [5.74, 6) is 1.22. The van der Waals surface area contributed by atoms with Crippen molar-refractivity contribution in [2.24, 2.45) is 16.6 Å². The molecular formula is C19H31N5O. The molecule has 3 N–H and O–H groups in total. The van der Waals surface area contributed by atoms with Crippen LogP contribution in [0.2, 0.25) is 0 Å². The normalized spacial score (nSPS) is 18.5. The molecule has 1 unspecified atom stereocenters. The Morgan fingerprint density at radius 1 is 1.44 bits per heavy atom. The summed E-state index contributed by atoms with van der Waals surface area (Å²) in [7, 11) is 3.97. The van der Waals surface area contributed by atoms with Crippen molar-refractivity contribution in [2.45, 2.75) is 26.3 Å². The highest BCUT2D eigenvalue weighted by atomic mass is 16.1. The van der Waals surface area contributed by atoms with E-state index in [-0.39, 0.29) is 5.91 Å². The lowest BCUT2D eigenvalue weighted by Crippen LogP contribution is -2.43. The number of hydrogen-bond acceptors (Lipinski definition) is 3. The summed E-state index contributed by atoms with van der Waals surface area (Å²) >= 11 is 0. The number of carbonyl (C=O) groups is 1. The SMILES string of the molecule is CC1CCCN(C(N)=NCc2cccc(C(=O)NCCN(C)C)c2)C1. The zero-order valence-electron chi connectivity index (χ0n) is 15.7. The van der Waals surface area contributed by atoms with Gasteiger partial charge >= 0.3 is 0 Å². The van der Waals surface area contributed by atoms with Crippen LogP contribution in [0.1, 0.15) is 35.7 Å². The fourth-order valence-corrected chi connectivity index (χ4v) is 2.98. The number of nitrogens with one attached hydrogen (secondary N) is 1. The van der Waals surface area contributed by atoms with E-state index in [1.165, 1.54) is 12.8 Å². The average Bonchev–Trinajstić information content (AvgIpc) is 2.59.